The number of hydrogen-bond donors (Lipinski definition) is 1. The van der Waals surface area contributed by atoms with Crippen LogP contribution in [0.25, 0.3) is 5.69 Å². The summed E-state index contributed by atoms with van der Waals surface area (Å²) in [4.78, 5) is 0. The normalized spacial score (nSPS) is 20.8. The van der Waals surface area contributed by atoms with Crippen molar-refractivity contribution in [2.45, 2.75) is 32.4 Å². The number of benzene rings is 1. The first-order valence-electron chi connectivity index (χ1n) is 6.80. The van der Waals surface area contributed by atoms with Gasteiger partial charge in [-0.25, -0.2) is 0 Å². The average molecular weight is 256 g/mol. The van der Waals surface area contributed by atoms with Gasteiger partial charge < -0.3 is 14.6 Å². The molecule has 0 saturated carbocycles. The van der Waals surface area contributed by atoms with E-state index in [1.54, 1.807) is 0 Å². The second-order valence-electron chi connectivity index (χ2n) is 5.60. The van der Waals surface area contributed by atoms with E-state index in [1.165, 1.54) is 5.69 Å². The van der Waals surface area contributed by atoms with Crippen LogP contribution in [0.5, 0.6) is 5.75 Å². The maximum absolute atomic E-state index is 6.27. The van der Waals surface area contributed by atoms with Crippen LogP contribution in [0.15, 0.2) is 42.6 Å². The Morgan fingerprint density at radius 1 is 1.21 bits per heavy atom. The van der Waals surface area contributed by atoms with Gasteiger partial charge in [-0.1, -0.05) is 26.0 Å². The van der Waals surface area contributed by atoms with Gasteiger partial charge in [0.15, 0.2) is 5.60 Å². The first kappa shape index (κ1) is 12.3. The molecule has 3 heteroatoms. The fraction of sp³-hybridized carbons (Fsp3) is 0.375. The summed E-state index contributed by atoms with van der Waals surface area (Å²) in [6.45, 7) is 7.24. The Morgan fingerprint density at radius 2 is 2.00 bits per heavy atom. The number of aromatic nitrogens is 1. The van der Waals surface area contributed by atoms with Crippen molar-refractivity contribution in [3.63, 3.8) is 0 Å². The number of hydrogen-bond acceptors (Lipinski definition) is 2. The molecule has 1 unspecified atom stereocenters. The van der Waals surface area contributed by atoms with E-state index in [1.807, 2.05) is 18.2 Å². The number of fused-ring (bicyclic) bond motifs is 3. The molecule has 1 aromatic carbocycles. The molecule has 1 aliphatic rings. The second-order valence-corrected chi connectivity index (χ2v) is 5.60. The van der Waals surface area contributed by atoms with E-state index in [4.69, 9.17) is 4.74 Å². The largest absolute Gasteiger partial charge is 0.478 e. The van der Waals surface area contributed by atoms with Gasteiger partial charge in [-0.15, -0.1) is 0 Å². The molecule has 1 aromatic heterocycles. The van der Waals surface area contributed by atoms with Crippen molar-refractivity contribution in [1.82, 2.24) is 9.88 Å². The molecule has 2 aromatic rings. The zero-order valence-electron chi connectivity index (χ0n) is 11.7. The lowest BCUT2D eigenvalue weighted by atomic mass is 9.99. The second kappa shape index (κ2) is 4.42. The number of nitrogens with zero attached hydrogens (tertiary/aromatic N) is 1. The Kier molecular flexibility index (Phi) is 2.86. The van der Waals surface area contributed by atoms with Crippen LogP contribution in [0.3, 0.4) is 0 Å². The van der Waals surface area contributed by atoms with Gasteiger partial charge in [0, 0.05) is 18.8 Å². The molecule has 0 aliphatic carbocycles. The highest BCUT2D eigenvalue weighted by Gasteiger charge is 2.36. The van der Waals surface area contributed by atoms with Crippen molar-refractivity contribution >= 4 is 0 Å². The van der Waals surface area contributed by atoms with Gasteiger partial charge in [0.2, 0.25) is 0 Å². The third kappa shape index (κ3) is 2.04. The maximum Gasteiger partial charge on any atom is 0.159 e. The van der Waals surface area contributed by atoms with Crippen LogP contribution in [0, 0.1) is 0 Å². The molecule has 0 spiro atoms. The molecule has 0 saturated heterocycles. The van der Waals surface area contributed by atoms with E-state index in [9.17, 15) is 0 Å². The van der Waals surface area contributed by atoms with Gasteiger partial charge in [0.25, 0.3) is 0 Å². The smallest absolute Gasteiger partial charge is 0.159 e. The van der Waals surface area contributed by atoms with Crippen LogP contribution < -0.4 is 10.1 Å². The summed E-state index contributed by atoms with van der Waals surface area (Å²) in [5.74, 6) is 0.944. The summed E-state index contributed by atoms with van der Waals surface area (Å²) in [5, 5.41) is 3.48. The predicted octanol–water partition coefficient (Wildman–Crippen LogP) is 3.08. The van der Waals surface area contributed by atoms with Gasteiger partial charge in [-0.3, -0.25) is 0 Å². The Hall–Kier alpha value is -1.74. The number of nitrogens with one attached hydrogen (secondary N) is 1. The highest BCUT2D eigenvalue weighted by molar-refractivity contribution is 5.51. The van der Waals surface area contributed by atoms with Crippen LogP contribution in [0.1, 0.15) is 26.5 Å². The van der Waals surface area contributed by atoms with Crippen molar-refractivity contribution in [2.24, 2.45) is 0 Å². The van der Waals surface area contributed by atoms with Crippen molar-refractivity contribution in [3.8, 4) is 11.4 Å². The minimum absolute atomic E-state index is 0.331. The monoisotopic (exact) mass is 256 g/mol. The number of ether oxygens (including phenoxy) is 1. The molecule has 1 aliphatic heterocycles. The highest BCUT2D eigenvalue weighted by Crippen LogP contribution is 2.38. The average Bonchev–Trinajstić information content (AvgIpc) is 2.87. The van der Waals surface area contributed by atoms with Gasteiger partial charge in [-0.05, 0) is 31.2 Å². The molecule has 1 atom stereocenters. The van der Waals surface area contributed by atoms with Crippen LogP contribution in [-0.2, 0) is 5.60 Å². The van der Waals surface area contributed by atoms with E-state index >= 15 is 0 Å². The molecule has 3 rings (SSSR count). The first-order valence-corrected chi connectivity index (χ1v) is 6.80. The van der Waals surface area contributed by atoms with Gasteiger partial charge >= 0.3 is 0 Å². The number of rotatable bonds is 3. The van der Waals surface area contributed by atoms with Crippen LogP contribution in [0.2, 0.25) is 0 Å². The SMILES string of the molecule is CC(C)NCC1(C)Oc2ccccc2-n2cccc21. The molecular weight excluding hydrogens is 236 g/mol. The van der Waals surface area contributed by atoms with E-state index < -0.39 is 0 Å². The fourth-order valence-electron chi connectivity index (χ4n) is 2.58. The van der Waals surface area contributed by atoms with Crippen molar-refractivity contribution in [3.05, 3.63) is 48.3 Å². The van der Waals surface area contributed by atoms with E-state index in [2.05, 4.69) is 55.1 Å². The van der Waals surface area contributed by atoms with Crippen molar-refractivity contribution in [2.75, 3.05) is 6.54 Å². The Labute approximate surface area is 114 Å². The van der Waals surface area contributed by atoms with Crippen LogP contribution >= 0.6 is 0 Å². The van der Waals surface area contributed by atoms with Gasteiger partial charge in [0.1, 0.15) is 5.75 Å². The molecule has 100 valence electrons. The lowest BCUT2D eigenvalue weighted by Crippen LogP contribution is -2.45. The van der Waals surface area contributed by atoms with E-state index in [0.29, 0.717) is 6.04 Å². The molecule has 0 amide bonds. The summed E-state index contributed by atoms with van der Waals surface area (Å²) >= 11 is 0. The minimum atomic E-state index is -0.331. The zero-order valence-corrected chi connectivity index (χ0v) is 11.7. The fourth-order valence-corrected chi connectivity index (χ4v) is 2.58. The molecule has 0 fully saturated rings. The van der Waals surface area contributed by atoms with Crippen LogP contribution in [-0.4, -0.2) is 17.2 Å². The third-order valence-corrected chi connectivity index (χ3v) is 3.60. The zero-order chi connectivity index (χ0) is 13.5. The molecule has 3 nitrogen and oxygen atoms in total. The summed E-state index contributed by atoms with van der Waals surface area (Å²) in [7, 11) is 0. The summed E-state index contributed by atoms with van der Waals surface area (Å²) in [5.41, 5.74) is 1.98. The van der Waals surface area contributed by atoms with Gasteiger partial charge in [-0.2, -0.15) is 0 Å². The van der Waals surface area contributed by atoms with E-state index in [-0.39, 0.29) is 5.60 Å². The lowest BCUT2D eigenvalue weighted by Gasteiger charge is -2.37. The Balaban J connectivity index is 2.03. The topological polar surface area (TPSA) is 26.2 Å². The standard InChI is InChI=1S/C16H20N2O/c1-12(2)17-11-16(3)15-9-6-10-18(15)13-7-4-5-8-14(13)19-16/h4-10,12,17H,11H2,1-3H3. The molecule has 0 radical (unpaired) electrons. The molecule has 19 heavy (non-hydrogen) atoms. The minimum Gasteiger partial charge on any atom is -0.478 e. The Bertz CT molecular complexity index is 588. The molecule has 1 N–H and O–H groups in total. The van der Waals surface area contributed by atoms with E-state index in [0.717, 1.165) is 18.0 Å². The lowest BCUT2D eigenvalue weighted by molar-refractivity contribution is 0.0689. The molecular formula is C16H20N2O. The highest BCUT2D eigenvalue weighted by atomic mass is 16.5. The predicted molar refractivity (Wildman–Crippen MR) is 76.9 cm³/mol. The van der Waals surface area contributed by atoms with Crippen molar-refractivity contribution in [1.29, 1.82) is 0 Å². The number of para-hydroxylation sites is 2. The quantitative estimate of drug-likeness (QED) is 0.913. The maximum atomic E-state index is 6.27. The summed E-state index contributed by atoms with van der Waals surface area (Å²) in [6.07, 6.45) is 2.10. The molecule has 0 bridgehead atoms. The van der Waals surface area contributed by atoms with Crippen LogP contribution in [0.4, 0.5) is 0 Å². The Morgan fingerprint density at radius 3 is 2.79 bits per heavy atom. The molecule has 2 heterocycles. The summed E-state index contributed by atoms with van der Waals surface area (Å²) < 4.78 is 8.49. The summed E-state index contributed by atoms with van der Waals surface area (Å²) in [6, 6.07) is 12.8. The van der Waals surface area contributed by atoms with Gasteiger partial charge in [0.05, 0.1) is 11.4 Å². The first-order chi connectivity index (χ1) is 9.10. The van der Waals surface area contributed by atoms with Crippen molar-refractivity contribution < 1.29 is 4.74 Å². The third-order valence-electron chi connectivity index (χ3n) is 3.60.